The highest BCUT2D eigenvalue weighted by Gasteiger charge is 2.12. The highest BCUT2D eigenvalue weighted by Crippen LogP contribution is 2.23. The largest absolute Gasteiger partial charge is 0.379 e. The summed E-state index contributed by atoms with van der Waals surface area (Å²) in [5.74, 6) is 0.101. The number of thioether (sulfide) groups is 1. The fourth-order valence-electron chi connectivity index (χ4n) is 2.96. The monoisotopic (exact) mass is 422 g/mol. The van der Waals surface area contributed by atoms with E-state index in [2.05, 4.69) is 37.5 Å². The molecule has 10 heteroatoms. The Morgan fingerprint density at radius 2 is 2.07 bits per heavy atom. The Kier molecular flexibility index (Phi) is 7.90. The van der Waals surface area contributed by atoms with E-state index < -0.39 is 0 Å². The third-order valence-electron chi connectivity index (χ3n) is 4.40. The molecule has 1 fully saturated rings. The number of para-hydroxylation sites is 2. The molecule has 152 valence electrons. The molecule has 8 nitrogen and oxygen atoms in total. The SMILES string of the molecule is CCn1c(SCC(=O)NNC(=S)NCCN2CCOCC2)nc2ccccc21. The minimum Gasteiger partial charge on any atom is -0.379 e. The number of aryl methyl sites for hydroxylation is 1. The van der Waals surface area contributed by atoms with Crippen molar-refractivity contribution < 1.29 is 9.53 Å². The number of thiocarbonyl (C=S) groups is 1. The second kappa shape index (κ2) is 10.6. The molecule has 2 heterocycles. The molecule has 3 N–H and O–H groups in total. The first-order chi connectivity index (χ1) is 13.7. The summed E-state index contributed by atoms with van der Waals surface area (Å²) in [5.41, 5.74) is 7.40. The summed E-state index contributed by atoms with van der Waals surface area (Å²) < 4.78 is 7.43. The van der Waals surface area contributed by atoms with Gasteiger partial charge in [0.25, 0.3) is 0 Å². The Morgan fingerprint density at radius 1 is 1.29 bits per heavy atom. The topological polar surface area (TPSA) is 83.5 Å². The first-order valence-corrected chi connectivity index (χ1v) is 10.8. The third-order valence-corrected chi connectivity index (χ3v) is 5.62. The van der Waals surface area contributed by atoms with E-state index in [1.165, 1.54) is 11.8 Å². The molecule has 1 aliphatic heterocycles. The summed E-state index contributed by atoms with van der Waals surface area (Å²) in [6.45, 7) is 7.93. The molecular weight excluding hydrogens is 396 g/mol. The molecule has 28 heavy (non-hydrogen) atoms. The summed E-state index contributed by atoms with van der Waals surface area (Å²) in [4.78, 5) is 19.0. The predicted molar refractivity (Wildman–Crippen MR) is 115 cm³/mol. The zero-order chi connectivity index (χ0) is 19.8. The van der Waals surface area contributed by atoms with Crippen LogP contribution in [0, 0.1) is 0 Å². The Morgan fingerprint density at radius 3 is 2.86 bits per heavy atom. The molecule has 0 radical (unpaired) electrons. The van der Waals surface area contributed by atoms with Crippen LogP contribution in [0.15, 0.2) is 29.4 Å². The van der Waals surface area contributed by atoms with E-state index in [1.807, 2.05) is 24.3 Å². The van der Waals surface area contributed by atoms with Crippen molar-refractivity contribution in [3.8, 4) is 0 Å². The van der Waals surface area contributed by atoms with Crippen molar-refractivity contribution in [3.63, 3.8) is 0 Å². The van der Waals surface area contributed by atoms with Crippen LogP contribution in [0.1, 0.15) is 6.92 Å². The zero-order valence-corrected chi connectivity index (χ0v) is 17.6. The van der Waals surface area contributed by atoms with Crippen molar-refractivity contribution in [1.29, 1.82) is 0 Å². The average molecular weight is 423 g/mol. The molecule has 0 saturated carbocycles. The lowest BCUT2D eigenvalue weighted by atomic mass is 10.3. The summed E-state index contributed by atoms with van der Waals surface area (Å²) in [7, 11) is 0. The number of nitrogens with one attached hydrogen (secondary N) is 3. The molecule has 1 aromatic carbocycles. The quantitative estimate of drug-likeness (QED) is 0.346. The van der Waals surface area contributed by atoms with Crippen molar-refractivity contribution in [2.24, 2.45) is 0 Å². The fourth-order valence-corrected chi connectivity index (χ4v) is 3.99. The van der Waals surface area contributed by atoms with Crippen LogP contribution in [-0.4, -0.2) is 70.6 Å². The number of benzene rings is 1. The van der Waals surface area contributed by atoms with Gasteiger partial charge in [0.2, 0.25) is 5.91 Å². The van der Waals surface area contributed by atoms with Gasteiger partial charge in [0, 0.05) is 32.7 Å². The zero-order valence-electron chi connectivity index (χ0n) is 15.9. The molecule has 2 aromatic rings. The van der Waals surface area contributed by atoms with E-state index in [4.69, 9.17) is 17.0 Å². The number of carbonyl (C=O) groups is 1. The Labute approximate surface area is 174 Å². The first-order valence-electron chi connectivity index (χ1n) is 9.38. The van der Waals surface area contributed by atoms with Crippen molar-refractivity contribution in [2.75, 3.05) is 45.1 Å². The van der Waals surface area contributed by atoms with Crippen LogP contribution < -0.4 is 16.2 Å². The molecule has 1 saturated heterocycles. The first kappa shape index (κ1) is 20.8. The predicted octanol–water partition coefficient (Wildman–Crippen LogP) is 0.976. The van der Waals surface area contributed by atoms with Gasteiger partial charge in [-0.05, 0) is 31.3 Å². The van der Waals surface area contributed by atoms with Crippen LogP contribution in [0.4, 0.5) is 0 Å². The Hall–Kier alpha value is -1.88. The highest BCUT2D eigenvalue weighted by atomic mass is 32.2. The van der Waals surface area contributed by atoms with Crippen molar-refractivity contribution >= 4 is 46.0 Å². The maximum absolute atomic E-state index is 12.1. The lowest BCUT2D eigenvalue weighted by molar-refractivity contribution is -0.119. The normalized spacial score (nSPS) is 14.8. The maximum atomic E-state index is 12.1. The number of hydrogen-bond acceptors (Lipinski definition) is 6. The molecule has 1 amide bonds. The number of nitrogens with zero attached hydrogens (tertiary/aromatic N) is 3. The summed E-state index contributed by atoms with van der Waals surface area (Å²) in [6.07, 6.45) is 0. The molecule has 0 atom stereocenters. The minimum absolute atomic E-state index is 0.156. The second-order valence-electron chi connectivity index (χ2n) is 6.30. The molecular formula is C18H26N6O2S2. The number of imidazole rings is 1. The third kappa shape index (κ3) is 5.81. The number of carbonyl (C=O) groups excluding carboxylic acids is 1. The van der Waals surface area contributed by atoms with Crippen LogP contribution in [0.2, 0.25) is 0 Å². The van der Waals surface area contributed by atoms with Gasteiger partial charge < -0.3 is 14.6 Å². The van der Waals surface area contributed by atoms with Gasteiger partial charge in [-0.3, -0.25) is 20.5 Å². The number of hydrazine groups is 1. The van der Waals surface area contributed by atoms with Gasteiger partial charge in [0.05, 0.1) is 30.0 Å². The molecule has 3 rings (SSSR count). The van der Waals surface area contributed by atoms with E-state index in [9.17, 15) is 4.79 Å². The standard InChI is InChI=1S/C18H26N6O2S2/c1-2-24-15-6-4-3-5-14(15)20-18(24)28-13-16(25)21-22-17(27)19-7-8-23-9-11-26-12-10-23/h3-6H,2,7-13H2,1H3,(H,21,25)(H2,19,22,27). The number of fused-ring (bicyclic) bond motifs is 1. The van der Waals surface area contributed by atoms with Crippen LogP contribution in [0.25, 0.3) is 11.0 Å². The summed E-state index contributed by atoms with van der Waals surface area (Å²) in [6, 6.07) is 7.98. The number of ether oxygens (including phenoxy) is 1. The number of rotatable bonds is 7. The van der Waals surface area contributed by atoms with Gasteiger partial charge in [-0.25, -0.2) is 4.98 Å². The van der Waals surface area contributed by atoms with E-state index in [0.717, 1.165) is 62.1 Å². The van der Waals surface area contributed by atoms with Gasteiger partial charge >= 0.3 is 0 Å². The van der Waals surface area contributed by atoms with E-state index >= 15 is 0 Å². The van der Waals surface area contributed by atoms with Crippen LogP contribution in [0.3, 0.4) is 0 Å². The van der Waals surface area contributed by atoms with Gasteiger partial charge in [-0.1, -0.05) is 23.9 Å². The van der Waals surface area contributed by atoms with Crippen LogP contribution >= 0.6 is 24.0 Å². The van der Waals surface area contributed by atoms with Crippen molar-refractivity contribution in [2.45, 2.75) is 18.6 Å². The van der Waals surface area contributed by atoms with Crippen molar-refractivity contribution in [3.05, 3.63) is 24.3 Å². The Balaban J connectivity index is 1.37. The molecule has 1 aliphatic rings. The molecule has 0 aliphatic carbocycles. The van der Waals surface area contributed by atoms with Gasteiger partial charge in [0.1, 0.15) is 0 Å². The number of morpholine rings is 1. The molecule has 0 bridgehead atoms. The molecule has 0 spiro atoms. The highest BCUT2D eigenvalue weighted by molar-refractivity contribution is 7.99. The maximum Gasteiger partial charge on any atom is 0.248 e. The lowest BCUT2D eigenvalue weighted by Gasteiger charge is -2.26. The van der Waals surface area contributed by atoms with E-state index in [1.54, 1.807) is 0 Å². The lowest BCUT2D eigenvalue weighted by Crippen LogP contribution is -2.49. The van der Waals surface area contributed by atoms with Gasteiger partial charge in [-0.15, -0.1) is 0 Å². The van der Waals surface area contributed by atoms with Gasteiger partial charge in [0.15, 0.2) is 10.3 Å². The minimum atomic E-state index is -0.156. The molecule has 0 unspecified atom stereocenters. The molecule has 1 aromatic heterocycles. The smallest absolute Gasteiger partial charge is 0.248 e. The fraction of sp³-hybridized carbons (Fsp3) is 0.500. The van der Waals surface area contributed by atoms with Crippen LogP contribution in [-0.2, 0) is 16.1 Å². The number of amides is 1. The second-order valence-corrected chi connectivity index (χ2v) is 7.65. The Bertz CT molecular complexity index is 806. The van der Waals surface area contributed by atoms with Gasteiger partial charge in [-0.2, -0.15) is 0 Å². The summed E-state index contributed by atoms with van der Waals surface area (Å²) in [5, 5.41) is 4.34. The van der Waals surface area contributed by atoms with Crippen molar-refractivity contribution in [1.82, 2.24) is 30.6 Å². The summed E-state index contributed by atoms with van der Waals surface area (Å²) >= 11 is 6.61. The number of aromatic nitrogens is 2. The van der Waals surface area contributed by atoms with E-state index in [-0.39, 0.29) is 11.7 Å². The van der Waals surface area contributed by atoms with Crippen LogP contribution in [0.5, 0.6) is 0 Å². The van der Waals surface area contributed by atoms with E-state index in [0.29, 0.717) is 5.11 Å². The number of hydrogen-bond donors (Lipinski definition) is 3. The average Bonchev–Trinajstić information content (AvgIpc) is 3.09.